The first-order valence-electron chi connectivity index (χ1n) is 8.94. The summed E-state index contributed by atoms with van der Waals surface area (Å²) in [5.41, 5.74) is -1.48. The fourth-order valence-electron chi connectivity index (χ4n) is 2.79. The first-order chi connectivity index (χ1) is 14.9. The van der Waals surface area contributed by atoms with Crippen molar-refractivity contribution in [1.29, 1.82) is 0 Å². The third-order valence-electron chi connectivity index (χ3n) is 4.21. The van der Waals surface area contributed by atoms with Gasteiger partial charge in [-0.2, -0.15) is 13.2 Å². The van der Waals surface area contributed by atoms with Gasteiger partial charge in [0.25, 0.3) is 0 Å². The molecule has 10 nitrogen and oxygen atoms in total. The second-order valence-corrected chi connectivity index (χ2v) is 6.70. The Hall–Kier alpha value is -4.29. The van der Waals surface area contributed by atoms with Crippen LogP contribution in [0.3, 0.4) is 0 Å². The van der Waals surface area contributed by atoms with Crippen molar-refractivity contribution >= 4 is 34.4 Å². The second-order valence-electron chi connectivity index (χ2n) is 6.70. The first-order valence-corrected chi connectivity index (χ1v) is 8.94. The number of hydrogen-bond donors (Lipinski definition) is 2. The highest BCUT2D eigenvalue weighted by molar-refractivity contribution is 5.73. The number of rotatable bonds is 6. The van der Waals surface area contributed by atoms with Crippen LogP contribution in [0.4, 0.5) is 47.6 Å². The van der Waals surface area contributed by atoms with Gasteiger partial charge in [0.1, 0.15) is 0 Å². The molecule has 0 fully saturated rings. The van der Waals surface area contributed by atoms with Crippen LogP contribution >= 0.6 is 0 Å². The molecule has 0 bridgehead atoms. The Balaban J connectivity index is 2.08. The maximum atomic E-state index is 13.5. The minimum Gasteiger partial charge on any atom is -0.334 e. The summed E-state index contributed by atoms with van der Waals surface area (Å²) < 4.78 is 40.4. The molecule has 0 saturated carbocycles. The molecule has 2 aromatic heterocycles. The summed E-state index contributed by atoms with van der Waals surface area (Å²) in [4.78, 5) is 29.0. The predicted octanol–water partition coefficient (Wildman–Crippen LogP) is 5.42. The Morgan fingerprint density at radius 1 is 0.781 bits per heavy atom. The number of nitrogens with zero attached hydrogens (tertiary/aromatic N) is 4. The molecule has 3 rings (SSSR count). The van der Waals surface area contributed by atoms with Crippen LogP contribution in [0.2, 0.25) is 0 Å². The van der Waals surface area contributed by atoms with Gasteiger partial charge in [-0.15, -0.1) is 0 Å². The molecule has 0 spiro atoms. The number of halogens is 3. The van der Waals surface area contributed by atoms with Crippen molar-refractivity contribution in [2.45, 2.75) is 20.0 Å². The zero-order valence-corrected chi connectivity index (χ0v) is 16.6. The Labute approximate surface area is 178 Å². The average molecular weight is 448 g/mol. The number of nitrogens with one attached hydrogen (secondary N) is 2. The average Bonchev–Trinajstić information content (AvgIpc) is 2.66. The van der Waals surface area contributed by atoms with Crippen LogP contribution in [-0.2, 0) is 6.18 Å². The van der Waals surface area contributed by atoms with Crippen LogP contribution in [0, 0.1) is 34.1 Å². The van der Waals surface area contributed by atoms with E-state index in [1.54, 1.807) is 13.8 Å². The van der Waals surface area contributed by atoms with Gasteiger partial charge < -0.3 is 10.6 Å². The van der Waals surface area contributed by atoms with Gasteiger partial charge >= 0.3 is 17.6 Å². The maximum Gasteiger partial charge on any atom is 0.416 e. The monoisotopic (exact) mass is 448 g/mol. The molecule has 0 aliphatic rings. The Morgan fingerprint density at radius 3 is 1.53 bits per heavy atom. The molecular weight excluding hydrogens is 433 g/mol. The van der Waals surface area contributed by atoms with Gasteiger partial charge in [-0.1, -0.05) is 0 Å². The van der Waals surface area contributed by atoms with Crippen molar-refractivity contribution in [3.63, 3.8) is 0 Å². The third kappa shape index (κ3) is 5.06. The van der Waals surface area contributed by atoms with E-state index in [0.29, 0.717) is 11.4 Å². The van der Waals surface area contributed by atoms with Crippen molar-refractivity contribution in [1.82, 2.24) is 9.97 Å². The minimum absolute atomic E-state index is 0.168. The summed E-state index contributed by atoms with van der Waals surface area (Å²) in [6.07, 6.45) is -4.76. The first kappa shape index (κ1) is 22.4. The molecule has 0 radical (unpaired) electrons. The van der Waals surface area contributed by atoms with Gasteiger partial charge in [-0.25, -0.2) is 9.97 Å². The standard InChI is InChI=1S/C19H15F3N6O4/c1-10-3-5-15(27(29)30)17(23-10)25-13-7-12(19(20,21)22)8-14(9-13)26-18-16(28(31)32)6-4-11(2)24-18/h3-9H,1-2H3,(H,23,25)(H,24,26). The lowest BCUT2D eigenvalue weighted by Crippen LogP contribution is -2.08. The van der Waals surface area contributed by atoms with Crippen LogP contribution in [0.5, 0.6) is 0 Å². The van der Waals surface area contributed by atoms with Crippen LogP contribution in [-0.4, -0.2) is 19.8 Å². The molecule has 2 N–H and O–H groups in total. The minimum atomic E-state index is -4.76. The fraction of sp³-hybridized carbons (Fsp3) is 0.158. The van der Waals surface area contributed by atoms with Crippen LogP contribution < -0.4 is 10.6 Å². The lowest BCUT2D eigenvalue weighted by atomic mass is 10.1. The van der Waals surface area contributed by atoms with Gasteiger partial charge in [-0.3, -0.25) is 20.2 Å². The SMILES string of the molecule is Cc1ccc([N+](=O)[O-])c(Nc2cc(Nc3nc(C)ccc3[N+](=O)[O-])cc(C(F)(F)F)c2)n1. The summed E-state index contributed by atoms with van der Waals surface area (Å²) in [7, 11) is 0. The van der Waals surface area contributed by atoms with Crippen LogP contribution in [0.15, 0.2) is 42.5 Å². The van der Waals surface area contributed by atoms with Crippen molar-refractivity contribution in [3.05, 3.63) is 79.6 Å². The molecule has 32 heavy (non-hydrogen) atoms. The smallest absolute Gasteiger partial charge is 0.334 e. The molecule has 0 atom stereocenters. The van der Waals surface area contributed by atoms with Crippen LogP contribution in [0.1, 0.15) is 17.0 Å². The van der Waals surface area contributed by atoms with Gasteiger partial charge in [0.05, 0.1) is 15.4 Å². The number of aryl methyl sites for hydroxylation is 2. The van der Waals surface area contributed by atoms with Gasteiger partial charge in [-0.05, 0) is 44.2 Å². The molecule has 0 saturated heterocycles. The molecule has 3 aromatic rings. The van der Waals surface area contributed by atoms with E-state index >= 15 is 0 Å². The number of alkyl halides is 3. The summed E-state index contributed by atoms with van der Waals surface area (Å²) >= 11 is 0. The molecule has 166 valence electrons. The highest BCUT2D eigenvalue weighted by Crippen LogP contribution is 2.36. The molecule has 0 aliphatic heterocycles. The highest BCUT2D eigenvalue weighted by atomic mass is 19.4. The molecule has 13 heteroatoms. The van der Waals surface area contributed by atoms with Gasteiger partial charge in [0.15, 0.2) is 0 Å². The van der Waals surface area contributed by atoms with E-state index in [1.807, 2.05) is 0 Å². The van der Waals surface area contributed by atoms with E-state index in [9.17, 15) is 33.4 Å². The topological polar surface area (TPSA) is 136 Å². The third-order valence-corrected chi connectivity index (χ3v) is 4.21. The van der Waals surface area contributed by atoms with Gasteiger partial charge in [0, 0.05) is 34.9 Å². The Bertz CT molecular complexity index is 1130. The summed E-state index contributed by atoms with van der Waals surface area (Å²) in [5.74, 6) is -0.500. The number of pyridine rings is 2. The number of benzene rings is 1. The summed E-state index contributed by atoms with van der Waals surface area (Å²) in [6, 6.07) is 7.84. The quantitative estimate of drug-likeness (QED) is 0.377. The number of anilines is 4. The number of hydrogen-bond acceptors (Lipinski definition) is 8. The lowest BCUT2D eigenvalue weighted by Gasteiger charge is -2.15. The largest absolute Gasteiger partial charge is 0.416 e. The van der Waals surface area contributed by atoms with E-state index in [-0.39, 0.29) is 23.0 Å². The maximum absolute atomic E-state index is 13.5. The Morgan fingerprint density at radius 2 is 1.19 bits per heavy atom. The van der Waals surface area contributed by atoms with E-state index in [4.69, 9.17) is 0 Å². The molecule has 2 heterocycles. The van der Waals surface area contributed by atoms with E-state index in [1.165, 1.54) is 30.3 Å². The summed E-state index contributed by atoms with van der Waals surface area (Å²) in [5, 5.41) is 27.6. The zero-order chi connectivity index (χ0) is 23.6. The molecule has 0 aliphatic carbocycles. The van der Waals surface area contributed by atoms with E-state index < -0.39 is 33.0 Å². The Kier molecular flexibility index (Phi) is 5.91. The van der Waals surface area contributed by atoms with Crippen molar-refractivity contribution < 1.29 is 23.0 Å². The lowest BCUT2D eigenvalue weighted by molar-refractivity contribution is -0.384. The second kappa shape index (κ2) is 8.45. The van der Waals surface area contributed by atoms with E-state index in [2.05, 4.69) is 20.6 Å². The summed E-state index contributed by atoms with van der Waals surface area (Å²) in [6.45, 7) is 3.13. The zero-order valence-electron chi connectivity index (χ0n) is 16.6. The molecule has 0 amide bonds. The molecule has 1 aromatic carbocycles. The number of aromatic nitrogens is 2. The highest BCUT2D eigenvalue weighted by Gasteiger charge is 2.32. The van der Waals surface area contributed by atoms with Crippen molar-refractivity contribution in [2.24, 2.45) is 0 Å². The normalized spacial score (nSPS) is 11.2. The molecular formula is C19H15F3N6O4. The van der Waals surface area contributed by atoms with Gasteiger partial charge in [0.2, 0.25) is 11.6 Å². The molecule has 0 unspecified atom stereocenters. The van der Waals surface area contributed by atoms with Crippen molar-refractivity contribution in [2.75, 3.05) is 10.6 Å². The van der Waals surface area contributed by atoms with Crippen LogP contribution in [0.25, 0.3) is 0 Å². The fourth-order valence-corrected chi connectivity index (χ4v) is 2.79. The van der Waals surface area contributed by atoms with E-state index in [0.717, 1.165) is 12.1 Å². The number of nitro groups is 2. The predicted molar refractivity (Wildman–Crippen MR) is 109 cm³/mol. The van der Waals surface area contributed by atoms with Crippen molar-refractivity contribution in [3.8, 4) is 0 Å².